The molecule has 0 aliphatic heterocycles. The van der Waals surface area contributed by atoms with Gasteiger partial charge < -0.3 is 9.47 Å². The fourth-order valence-electron chi connectivity index (χ4n) is 1.63. The Morgan fingerprint density at radius 3 is 2.61 bits per heavy atom. The maximum atomic E-state index is 13.8. The van der Waals surface area contributed by atoms with E-state index >= 15 is 0 Å². The van der Waals surface area contributed by atoms with Gasteiger partial charge in [-0.05, 0) is 6.07 Å². The van der Waals surface area contributed by atoms with Crippen molar-refractivity contribution in [3.8, 4) is 5.75 Å². The number of hydrogen-bond acceptors (Lipinski definition) is 3. The molecular formula is C13H19BrFNO2. The number of ether oxygens (including phenoxy) is 2. The Balaban J connectivity index is 2.67. The highest BCUT2D eigenvalue weighted by Crippen LogP contribution is 2.17. The molecule has 1 aromatic rings. The van der Waals surface area contributed by atoms with E-state index in [1.165, 1.54) is 13.2 Å². The Hall–Kier alpha value is -0.650. The van der Waals surface area contributed by atoms with Crippen LogP contribution in [0.4, 0.5) is 4.39 Å². The van der Waals surface area contributed by atoms with E-state index in [2.05, 4.69) is 20.8 Å². The molecule has 1 rings (SSSR count). The van der Waals surface area contributed by atoms with Crippen molar-refractivity contribution in [1.29, 1.82) is 0 Å². The fraction of sp³-hybridized carbons (Fsp3) is 0.538. The molecule has 0 saturated carbocycles. The van der Waals surface area contributed by atoms with E-state index in [1.54, 1.807) is 19.2 Å². The van der Waals surface area contributed by atoms with Gasteiger partial charge in [0.1, 0.15) is 11.6 Å². The van der Waals surface area contributed by atoms with Crippen LogP contribution in [0.2, 0.25) is 0 Å². The van der Waals surface area contributed by atoms with Crippen molar-refractivity contribution in [1.82, 2.24) is 4.90 Å². The lowest BCUT2D eigenvalue weighted by molar-refractivity contribution is 0.147. The summed E-state index contributed by atoms with van der Waals surface area (Å²) in [7, 11) is 3.20. The summed E-state index contributed by atoms with van der Waals surface area (Å²) >= 11 is 3.40. The minimum absolute atomic E-state index is 0.230. The lowest BCUT2D eigenvalue weighted by Crippen LogP contribution is -2.29. The molecule has 3 nitrogen and oxygen atoms in total. The number of hydrogen-bond donors (Lipinski definition) is 0. The second kappa shape index (κ2) is 8.45. The molecular weight excluding hydrogens is 301 g/mol. The second-order valence-corrected chi connectivity index (χ2v) is 4.71. The molecule has 1 aromatic carbocycles. The topological polar surface area (TPSA) is 21.7 Å². The molecule has 5 heteroatoms. The monoisotopic (exact) mass is 319 g/mol. The first kappa shape index (κ1) is 15.4. The lowest BCUT2D eigenvalue weighted by Gasteiger charge is -2.21. The van der Waals surface area contributed by atoms with Crippen LogP contribution in [0.5, 0.6) is 5.75 Å². The number of alkyl halides is 1. The van der Waals surface area contributed by atoms with Crippen molar-refractivity contribution in [2.24, 2.45) is 0 Å². The minimum Gasteiger partial charge on any atom is -0.497 e. The SMILES string of the molecule is COCCN(CCBr)Cc1ccc(OC)cc1F. The smallest absolute Gasteiger partial charge is 0.131 e. The predicted octanol–water partition coefficient (Wildman–Crippen LogP) is 2.68. The van der Waals surface area contributed by atoms with Gasteiger partial charge in [0.05, 0.1) is 13.7 Å². The maximum Gasteiger partial charge on any atom is 0.131 e. The van der Waals surface area contributed by atoms with Gasteiger partial charge in [-0.3, -0.25) is 4.90 Å². The van der Waals surface area contributed by atoms with E-state index < -0.39 is 0 Å². The van der Waals surface area contributed by atoms with Gasteiger partial charge in [-0.1, -0.05) is 22.0 Å². The van der Waals surface area contributed by atoms with Crippen molar-refractivity contribution in [3.05, 3.63) is 29.6 Å². The Morgan fingerprint density at radius 2 is 2.06 bits per heavy atom. The number of methoxy groups -OCH3 is 2. The van der Waals surface area contributed by atoms with Crippen LogP contribution >= 0.6 is 15.9 Å². The van der Waals surface area contributed by atoms with Crippen LogP contribution in [-0.4, -0.2) is 44.1 Å². The molecule has 0 amide bonds. The van der Waals surface area contributed by atoms with Crippen LogP contribution in [0, 0.1) is 5.82 Å². The summed E-state index contributed by atoms with van der Waals surface area (Å²) in [6.45, 7) is 2.86. The zero-order valence-corrected chi connectivity index (χ0v) is 12.4. The average molecular weight is 320 g/mol. The first-order chi connectivity index (χ1) is 8.71. The van der Waals surface area contributed by atoms with Crippen LogP contribution < -0.4 is 4.74 Å². The van der Waals surface area contributed by atoms with Crippen molar-refractivity contribution < 1.29 is 13.9 Å². The van der Waals surface area contributed by atoms with Crippen LogP contribution in [-0.2, 0) is 11.3 Å². The van der Waals surface area contributed by atoms with Crippen LogP contribution in [0.1, 0.15) is 5.56 Å². The van der Waals surface area contributed by atoms with Crippen LogP contribution in [0.3, 0.4) is 0 Å². The van der Waals surface area contributed by atoms with Gasteiger partial charge >= 0.3 is 0 Å². The van der Waals surface area contributed by atoms with E-state index in [4.69, 9.17) is 9.47 Å². The van der Waals surface area contributed by atoms with Gasteiger partial charge in [-0.2, -0.15) is 0 Å². The molecule has 0 saturated heterocycles. The molecule has 18 heavy (non-hydrogen) atoms. The van der Waals surface area contributed by atoms with Gasteiger partial charge in [0.15, 0.2) is 0 Å². The quantitative estimate of drug-likeness (QED) is 0.688. The van der Waals surface area contributed by atoms with E-state index in [-0.39, 0.29) is 5.82 Å². The summed E-state index contributed by atoms with van der Waals surface area (Å²) in [6, 6.07) is 4.96. The second-order valence-electron chi connectivity index (χ2n) is 3.92. The van der Waals surface area contributed by atoms with Crippen molar-refractivity contribution >= 4 is 15.9 Å². The first-order valence-corrected chi connectivity index (χ1v) is 6.93. The van der Waals surface area contributed by atoms with E-state index in [1.807, 2.05) is 0 Å². The Kier molecular flexibility index (Phi) is 7.23. The van der Waals surface area contributed by atoms with Crippen LogP contribution in [0.15, 0.2) is 18.2 Å². The van der Waals surface area contributed by atoms with Gasteiger partial charge in [-0.15, -0.1) is 0 Å². The average Bonchev–Trinajstić information content (AvgIpc) is 2.38. The summed E-state index contributed by atoms with van der Waals surface area (Å²) in [6.07, 6.45) is 0. The Bertz CT molecular complexity index is 363. The summed E-state index contributed by atoms with van der Waals surface area (Å²) in [4.78, 5) is 2.14. The van der Waals surface area contributed by atoms with Crippen LogP contribution in [0.25, 0.3) is 0 Å². The molecule has 0 bridgehead atoms. The van der Waals surface area contributed by atoms with E-state index in [0.717, 1.165) is 18.4 Å². The highest BCUT2D eigenvalue weighted by atomic mass is 79.9. The third kappa shape index (κ3) is 4.92. The zero-order valence-electron chi connectivity index (χ0n) is 10.8. The summed E-state index contributed by atoms with van der Waals surface area (Å²) in [5.74, 6) is 0.312. The van der Waals surface area contributed by atoms with Gasteiger partial charge in [0.2, 0.25) is 0 Å². The number of halogens is 2. The van der Waals surface area contributed by atoms with Crippen molar-refractivity contribution in [2.75, 3.05) is 39.2 Å². The molecule has 0 atom stereocenters. The van der Waals surface area contributed by atoms with E-state index in [0.29, 0.717) is 24.5 Å². The third-order valence-electron chi connectivity index (χ3n) is 2.67. The lowest BCUT2D eigenvalue weighted by atomic mass is 10.2. The maximum absolute atomic E-state index is 13.8. The molecule has 0 heterocycles. The van der Waals surface area contributed by atoms with Crippen molar-refractivity contribution in [3.63, 3.8) is 0 Å². The van der Waals surface area contributed by atoms with Gasteiger partial charge in [0.25, 0.3) is 0 Å². The molecule has 0 fully saturated rings. The molecule has 0 radical (unpaired) electrons. The standard InChI is InChI=1S/C13H19BrFNO2/c1-17-8-7-16(6-5-14)10-11-3-4-12(18-2)9-13(11)15/h3-4,9H,5-8,10H2,1-2H3. The number of nitrogens with zero attached hydrogens (tertiary/aromatic N) is 1. The summed E-state index contributed by atoms with van der Waals surface area (Å²) in [5, 5.41) is 0.856. The Labute approximate surface area is 116 Å². The largest absolute Gasteiger partial charge is 0.497 e. The molecule has 0 unspecified atom stereocenters. The predicted molar refractivity (Wildman–Crippen MR) is 73.9 cm³/mol. The molecule has 102 valence electrons. The van der Waals surface area contributed by atoms with Gasteiger partial charge in [0, 0.05) is 43.7 Å². The third-order valence-corrected chi connectivity index (χ3v) is 3.02. The fourth-order valence-corrected chi connectivity index (χ4v) is 2.14. The van der Waals surface area contributed by atoms with Crippen molar-refractivity contribution in [2.45, 2.75) is 6.54 Å². The van der Waals surface area contributed by atoms with E-state index in [9.17, 15) is 4.39 Å². The minimum atomic E-state index is -0.230. The Morgan fingerprint density at radius 1 is 1.28 bits per heavy atom. The molecule has 0 aliphatic rings. The highest BCUT2D eigenvalue weighted by molar-refractivity contribution is 9.09. The zero-order chi connectivity index (χ0) is 13.4. The number of rotatable bonds is 8. The summed E-state index contributed by atoms with van der Waals surface area (Å²) < 4.78 is 23.8. The first-order valence-electron chi connectivity index (χ1n) is 5.81. The molecule has 0 N–H and O–H groups in total. The van der Waals surface area contributed by atoms with Gasteiger partial charge in [-0.25, -0.2) is 4.39 Å². The number of benzene rings is 1. The summed E-state index contributed by atoms with van der Waals surface area (Å²) in [5.41, 5.74) is 0.674. The molecule has 0 aromatic heterocycles. The molecule has 0 spiro atoms. The highest BCUT2D eigenvalue weighted by Gasteiger charge is 2.09. The normalized spacial score (nSPS) is 10.9. The molecule has 0 aliphatic carbocycles.